The molecule has 9 heteroatoms. The molecule has 1 heterocycles. The van der Waals surface area contributed by atoms with E-state index in [0.717, 1.165) is 12.3 Å². The molecule has 1 aliphatic heterocycles. The van der Waals surface area contributed by atoms with Crippen LogP contribution in [0.15, 0.2) is 23.1 Å². The molecule has 0 aliphatic carbocycles. The highest BCUT2D eigenvalue weighted by Gasteiger charge is 2.30. The van der Waals surface area contributed by atoms with Gasteiger partial charge in [0, 0.05) is 19.1 Å². The molecule has 1 aromatic carbocycles. The van der Waals surface area contributed by atoms with Crippen molar-refractivity contribution < 1.29 is 21.2 Å². The van der Waals surface area contributed by atoms with E-state index in [0.29, 0.717) is 18.5 Å². The molecule has 0 aromatic heterocycles. The van der Waals surface area contributed by atoms with Gasteiger partial charge in [0.25, 0.3) is 0 Å². The summed E-state index contributed by atoms with van der Waals surface area (Å²) in [5.41, 5.74) is 0.403. The molecule has 0 radical (unpaired) electrons. The van der Waals surface area contributed by atoms with E-state index in [1.165, 1.54) is 12.1 Å². The molecule has 118 valence electrons. The summed E-state index contributed by atoms with van der Waals surface area (Å²) in [5.74, 6) is -0.505. The van der Waals surface area contributed by atoms with Gasteiger partial charge >= 0.3 is 0 Å². The summed E-state index contributed by atoms with van der Waals surface area (Å²) in [7, 11) is -6.62. The van der Waals surface area contributed by atoms with Gasteiger partial charge in [-0.2, -0.15) is 0 Å². The lowest BCUT2D eigenvalue weighted by molar-refractivity contribution is 0.488. The molecule has 6 nitrogen and oxygen atoms in total. The summed E-state index contributed by atoms with van der Waals surface area (Å²) in [5, 5.41) is 3.06. The molecule has 0 bridgehead atoms. The minimum Gasteiger partial charge on any atom is -0.309 e. The van der Waals surface area contributed by atoms with E-state index < -0.39 is 25.7 Å². The molecule has 1 aliphatic rings. The maximum Gasteiger partial charge on any atom is 0.208 e. The lowest BCUT2D eigenvalue weighted by Gasteiger charge is -2.26. The molecular formula is C12H17FN2O4S2. The Morgan fingerprint density at radius 3 is 2.71 bits per heavy atom. The third-order valence-electron chi connectivity index (χ3n) is 3.24. The third-order valence-corrected chi connectivity index (χ3v) is 5.78. The first-order valence-electron chi connectivity index (χ1n) is 6.39. The van der Waals surface area contributed by atoms with E-state index in [2.05, 4.69) is 10.0 Å². The molecule has 1 aromatic rings. The van der Waals surface area contributed by atoms with Crippen LogP contribution in [-0.4, -0.2) is 41.9 Å². The maximum absolute atomic E-state index is 13.4. The summed E-state index contributed by atoms with van der Waals surface area (Å²) in [6.07, 6.45) is 1.39. The van der Waals surface area contributed by atoms with E-state index in [1.807, 2.05) is 0 Å². The summed E-state index contributed by atoms with van der Waals surface area (Å²) in [6, 6.07) is 3.32. The first kappa shape index (κ1) is 16.3. The molecule has 21 heavy (non-hydrogen) atoms. The van der Waals surface area contributed by atoms with Crippen LogP contribution in [0.4, 0.5) is 4.39 Å². The van der Waals surface area contributed by atoms with E-state index in [1.54, 1.807) is 0 Å². The van der Waals surface area contributed by atoms with Gasteiger partial charge in [0.1, 0.15) is 5.82 Å². The average molecular weight is 336 g/mol. The molecule has 2 rings (SSSR count). The topological polar surface area (TPSA) is 92.3 Å². The fourth-order valence-corrected chi connectivity index (χ4v) is 4.38. The number of sulfonamides is 1. The minimum absolute atomic E-state index is 0.0111. The first-order valence-corrected chi connectivity index (χ1v) is 9.94. The zero-order valence-corrected chi connectivity index (χ0v) is 13.1. The quantitative estimate of drug-likeness (QED) is 0.591. The molecule has 0 saturated carbocycles. The number of hydrogen-bond donors (Lipinski definition) is 2. The Hall–Kier alpha value is -1.03. The smallest absolute Gasteiger partial charge is 0.208 e. The summed E-state index contributed by atoms with van der Waals surface area (Å²) < 4.78 is 61.5. The minimum atomic E-state index is -3.36. The van der Waals surface area contributed by atoms with Crippen molar-refractivity contribution in [1.29, 1.82) is 0 Å². The number of fused-ring (bicyclic) bond motifs is 1. The van der Waals surface area contributed by atoms with Crippen LogP contribution in [0.25, 0.3) is 0 Å². The zero-order chi connectivity index (χ0) is 15.7. The van der Waals surface area contributed by atoms with Crippen molar-refractivity contribution in [3.05, 3.63) is 29.6 Å². The zero-order valence-electron chi connectivity index (χ0n) is 11.5. The number of halogens is 1. The first-order chi connectivity index (χ1) is 9.69. The molecule has 0 saturated heterocycles. The van der Waals surface area contributed by atoms with Crippen molar-refractivity contribution in [2.45, 2.75) is 17.4 Å². The van der Waals surface area contributed by atoms with Crippen molar-refractivity contribution >= 4 is 19.9 Å². The standard InChI is InChI=1S/C12H17FN2O4S2/c1-20(16,17)15-6-5-14-11-4-7-21(18,19)12-3-2-9(13)8-10(11)12/h2-3,8,11,14-15H,4-7H2,1H3. The SMILES string of the molecule is CS(=O)(=O)NCCNC1CCS(=O)(=O)c2ccc(F)cc21. The maximum atomic E-state index is 13.4. The Morgan fingerprint density at radius 1 is 1.33 bits per heavy atom. The van der Waals surface area contributed by atoms with Crippen molar-refractivity contribution in [2.24, 2.45) is 0 Å². The predicted molar refractivity (Wildman–Crippen MR) is 76.7 cm³/mol. The van der Waals surface area contributed by atoms with Crippen molar-refractivity contribution in [3.63, 3.8) is 0 Å². The van der Waals surface area contributed by atoms with Crippen LogP contribution in [-0.2, 0) is 19.9 Å². The second kappa shape index (κ2) is 5.99. The number of nitrogens with one attached hydrogen (secondary N) is 2. The van der Waals surface area contributed by atoms with Crippen LogP contribution < -0.4 is 10.0 Å². The van der Waals surface area contributed by atoms with Crippen molar-refractivity contribution in [2.75, 3.05) is 25.1 Å². The van der Waals surface area contributed by atoms with Gasteiger partial charge in [0.15, 0.2) is 9.84 Å². The highest BCUT2D eigenvalue weighted by Crippen LogP contribution is 2.32. The molecular weight excluding hydrogens is 319 g/mol. The highest BCUT2D eigenvalue weighted by molar-refractivity contribution is 7.91. The second-order valence-electron chi connectivity index (χ2n) is 4.96. The van der Waals surface area contributed by atoms with Crippen LogP contribution in [0.2, 0.25) is 0 Å². The Bertz CT molecular complexity index is 732. The Kier molecular flexibility index (Phi) is 4.66. The van der Waals surface area contributed by atoms with E-state index in [4.69, 9.17) is 0 Å². The van der Waals surface area contributed by atoms with Crippen molar-refractivity contribution in [1.82, 2.24) is 10.0 Å². The van der Waals surface area contributed by atoms with Crippen LogP contribution in [0.5, 0.6) is 0 Å². The van der Waals surface area contributed by atoms with Crippen LogP contribution in [0, 0.1) is 5.82 Å². The van der Waals surface area contributed by atoms with Crippen LogP contribution in [0.3, 0.4) is 0 Å². The van der Waals surface area contributed by atoms with E-state index in [-0.39, 0.29) is 23.2 Å². The van der Waals surface area contributed by atoms with Crippen molar-refractivity contribution in [3.8, 4) is 0 Å². The number of sulfone groups is 1. The molecule has 1 atom stereocenters. The summed E-state index contributed by atoms with van der Waals surface area (Å²) >= 11 is 0. The third kappa shape index (κ3) is 4.22. The normalized spacial score (nSPS) is 21.0. The Balaban J connectivity index is 2.11. The van der Waals surface area contributed by atoms with Gasteiger partial charge in [-0.1, -0.05) is 0 Å². The van der Waals surface area contributed by atoms with E-state index >= 15 is 0 Å². The summed E-state index contributed by atoms with van der Waals surface area (Å²) in [6.45, 7) is 0.514. The summed E-state index contributed by atoms with van der Waals surface area (Å²) in [4.78, 5) is 0.142. The lowest BCUT2D eigenvalue weighted by atomic mass is 10.0. The van der Waals surface area contributed by atoms with Gasteiger partial charge in [-0.05, 0) is 30.2 Å². The number of benzene rings is 1. The Morgan fingerprint density at radius 2 is 2.05 bits per heavy atom. The average Bonchev–Trinajstić information content (AvgIpc) is 2.35. The van der Waals surface area contributed by atoms with Gasteiger partial charge in [0.2, 0.25) is 10.0 Å². The van der Waals surface area contributed by atoms with Crippen LogP contribution in [0.1, 0.15) is 18.0 Å². The molecule has 2 N–H and O–H groups in total. The van der Waals surface area contributed by atoms with Gasteiger partial charge in [-0.3, -0.25) is 0 Å². The predicted octanol–water partition coefficient (Wildman–Crippen LogP) is 0.183. The largest absolute Gasteiger partial charge is 0.309 e. The van der Waals surface area contributed by atoms with Gasteiger partial charge in [0.05, 0.1) is 16.9 Å². The fourth-order valence-electron chi connectivity index (χ4n) is 2.31. The number of rotatable bonds is 5. The number of hydrogen-bond acceptors (Lipinski definition) is 5. The molecule has 0 fully saturated rings. The van der Waals surface area contributed by atoms with Crippen LogP contribution >= 0.6 is 0 Å². The molecule has 1 unspecified atom stereocenters. The van der Waals surface area contributed by atoms with Gasteiger partial charge < -0.3 is 5.32 Å². The van der Waals surface area contributed by atoms with Gasteiger partial charge in [-0.25, -0.2) is 25.9 Å². The second-order valence-corrected chi connectivity index (χ2v) is 8.87. The fraction of sp³-hybridized carbons (Fsp3) is 0.500. The lowest BCUT2D eigenvalue weighted by Crippen LogP contribution is -2.35. The highest BCUT2D eigenvalue weighted by atomic mass is 32.2. The Labute approximate surface area is 123 Å². The monoisotopic (exact) mass is 336 g/mol. The van der Waals surface area contributed by atoms with E-state index in [9.17, 15) is 21.2 Å². The van der Waals surface area contributed by atoms with Gasteiger partial charge in [-0.15, -0.1) is 0 Å². The molecule has 0 spiro atoms. The molecule has 0 amide bonds.